The molecule has 34 heavy (non-hydrogen) atoms. The summed E-state index contributed by atoms with van der Waals surface area (Å²) in [5, 5.41) is 0.545. The zero-order valence-corrected chi connectivity index (χ0v) is 20.8. The Morgan fingerprint density at radius 1 is 1.12 bits per heavy atom. The minimum Gasteiger partial charge on any atom is -0.465 e. The first-order valence-electron chi connectivity index (χ1n) is 11.4. The van der Waals surface area contributed by atoms with Crippen LogP contribution in [0.2, 0.25) is 5.02 Å². The molecule has 2 aliphatic rings. The van der Waals surface area contributed by atoms with Gasteiger partial charge < -0.3 is 14.4 Å². The number of amides is 1. The summed E-state index contributed by atoms with van der Waals surface area (Å²) >= 11 is 6.36. The molecule has 0 saturated carbocycles. The highest BCUT2D eigenvalue weighted by atomic mass is 35.5. The van der Waals surface area contributed by atoms with Crippen molar-refractivity contribution in [1.82, 2.24) is 14.8 Å². The number of allylic oxidation sites excluding steroid dienone is 1. The molecule has 0 spiro atoms. The summed E-state index contributed by atoms with van der Waals surface area (Å²) in [6.45, 7) is 7.96. The fourth-order valence-corrected chi connectivity index (χ4v) is 4.67. The molecule has 4 rings (SSSR count). The number of ether oxygens (including phenoxy) is 2. The molecule has 0 N–H and O–H groups in total. The molecule has 2 aromatic rings. The molecule has 1 aromatic heterocycles. The molecule has 1 saturated heterocycles. The first kappa shape index (κ1) is 24.2. The van der Waals surface area contributed by atoms with Gasteiger partial charge in [0, 0.05) is 37.4 Å². The number of benzene rings is 1. The van der Waals surface area contributed by atoms with Gasteiger partial charge in [0.05, 0.1) is 24.4 Å². The number of carbonyl (C=O) groups excluding carboxylic acids is 2. The Hall–Kier alpha value is -2.90. The van der Waals surface area contributed by atoms with Gasteiger partial charge >= 0.3 is 12.1 Å². The van der Waals surface area contributed by atoms with Gasteiger partial charge in [0.15, 0.2) is 0 Å². The molecule has 1 aliphatic carbocycles. The molecular formula is C26H30ClN3O4. The van der Waals surface area contributed by atoms with E-state index < -0.39 is 11.6 Å². The summed E-state index contributed by atoms with van der Waals surface area (Å²) in [5.74, 6) is -0.399. The highest BCUT2D eigenvalue weighted by molar-refractivity contribution is 6.31. The highest BCUT2D eigenvalue weighted by Crippen LogP contribution is 2.39. The predicted octanol–water partition coefficient (Wildman–Crippen LogP) is 4.49. The fraction of sp³-hybridized carbons (Fsp3) is 0.423. The molecule has 0 radical (unpaired) electrons. The number of aromatic nitrogens is 1. The first-order chi connectivity index (χ1) is 16.2. The maximum Gasteiger partial charge on any atom is 0.410 e. The Morgan fingerprint density at radius 3 is 2.53 bits per heavy atom. The quantitative estimate of drug-likeness (QED) is 0.586. The molecule has 1 aliphatic heterocycles. The first-order valence-corrected chi connectivity index (χ1v) is 11.8. The van der Waals surface area contributed by atoms with Crippen molar-refractivity contribution in [2.24, 2.45) is 0 Å². The Kier molecular flexibility index (Phi) is 6.96. The molecule has 1 unspecified atom stereocenters. The van der Waals surface area contributed by atoms with Gasteiger partial charge in [-0.15, -0.1) is 0 Å². The van der Waals surface area contributed by atoms with Crippen LogP contribution in [0.5, 0.6) is 0 Å². The van der Waals surface area contributed by atoms with E-state index in [9.17, 15) is 9.59 Å². The number of nitrogens with zero attached hydrogens (tertiary/aromatic N) is 3. The van der Waals surface area contributed by atoms with Crippen LogP contribution >= 0.6 is 11.6 Å². The Balaban J connectivity index is 1.72. The average molecular weight is 484 g/mol. The molecule has 7 nitrogen and oxygen atoms in total. The van der Waals surface area contributed by atoms with Crippen LogP contribution in [0, 0.1) is 0 Å². The lowest BCUT2D eigenvalue weighted by atomic mass is 9.86. The maximum absolute atomic E-state index is 12.7. The minimum atomic E-state index is -0.536. The Labute approximate surface area is 205 Å². The van der Waals surface area contributed by atoms with Crippen LogP contribution in [0.4, 0.5) is 4.79 Å². The number of rotatable bonds is 2. The monoisotopic (exact) mass is 483 g/mol. The van der Waals surface area contributed by atoms with E-state index in [1.807, 2.05) is 57.2 Å². The van der Waals surface area contributed by atoms with Gasteiger partial charge in [0.1, 0.15) is 5.60 Å². The largest absolute Gasteiger partial charge is 0.465 e. The van der Waals surface area contributed by atoms with E-state index >= 15 is 0 Å². The molecule has 1 amide bonds. The Morgan fingerprint density at radius 2 is 1.85 bits per heavy atom. The summed E-state index contributed by atoms with van der Waals surface area (Å²) in [7, 11) is 1.38. The van der Waals surface area contributed by atoms with Gasteiger partial charge in [0.25, 0.3) is 0 Å². The maximum atomic E-state index is 12.7. The zero-order valence-electron chi connectivity index (χ0n) is 20.0. The van der Waals surface area contributed by atoms with Crippen molar-refractivity contribution in [3.8, 4) is 0 Å². The number of hydrogen-bond donors (Lipinski definition) is 0. The van der Waals surface area contributed by atoms with Crippen LogP contribution in [-0.4, -0.2) is 65.7 Å². The predicted molar refractivity (Wildman–Crippen MR) is 131 cm³/mol. The van der Waals surface area contributed by atoms with E-state index in [2.05, 4.69) is 4.90 Å². The van der Waals surface area contributed by atoms with Crippen molar-refractivity contribution >= 4 is 29.2 Å². The molecule has 1 aromatic carbocycles. The zero-order chi connectivity index (χ0) is 24.5. The van der Waals surface area contributed by atoms with Gasteiger partial charge in [-0.2, -0.15) is 0 Å². The number of piperazine rings is 1. The molecule has 0 bridgehead atoms. The minimum absolute atomic E-state index is 0.197. The van der Waals surface area contributed by atoms with Gasteiger partial charge in [-0.1, -0.05) is 29.8 Å². The van der Waals surface area contributed by atoms with Crippen LogP contribution < -0.4 is 0 Å². The summed E-state index contributed by atoms with van der Waals surface area (Å²) in [6.07, 6.45) is 3.93. The van der Waals surface area contributed by atoms with Gasteiger partial charge in [-0.3, -0.25) is 9.88 Å². The van der Waals surface area contributed by atoms with Crippen molar-refractivity contribution in [3.63, 3.8) is 0 Å². The van der Waals surface area contributed by atoms with E-state index in [1.165, 1.54) is 7.11 Å². The van der Waals surface area contributed by atoms with Crippen LogP contribution in [0.15, 0.2) is 42.6 Å². The van der Waals surface area contributed by atoms with E-state index in [0.29, 0.717) is 43.2 Å². The smallest absolute Gasteiger partial charge is 0.410 e. The third kappa shape index (κ3) is 5.10. The number of methoxy groups -OCH3 is 1. The number of pyridine rings is 1. The van der Waals surface area contributed by atoms with Gasteiger partial charge in [-0.25, -0.2) is 9.59 Å². The summed E-state index contributed by atoms with van der Waals surface area (Å²) in [6, 6.07) is 9.37. The third-order valence-electron chi connectivity index (χ3n) is 6.05. The molecule has 180 valence electrons. The normalized spacial score (nSPS) is 20.2. The second-order valence-corrected chi connectivity index (χ2v) is 9.94. The average Bonchev–Trinajstić information content (AvgIpc) is 2.79. The number of hydrogen-bond acceptors (Lipinski definition) is 6. The summed E-state index contributed by atoms with van der Waals surface area (Å²) in [5.41, 5.74) is 3.63. The van der Waals surface area contributed by atoms with E-state index in [4.69, 9.17) is 26.1 Å². The van der Waals surface area contributed by atoms with Crippen molar-refractivity contribution in [2.45, 2.75) is 38.8 Å². The number of fused-ring (bicyclic) bond motifs is 2. The standard InChI is InChI=1S/C26H30ClN3O4/c1-26(2,3)34-25(32)30-14-12-29(13-15-30)23-19-10-8-18(27)16-21(19)20(24(31)33-4)9-7-17-6-5-11-28-22(17)23/h5-6,8-11,16,23H,7,12-15H2,1-4H3/b20-9+. The van der Waals surface area contributed by atoms with Gasteiger partial charge in [-0.05, 0) is 62.1 Å². The SMILES string of the molecule is COC(=O)/C1=C/Cc2cccnc2C(N2CCN(C(=O)OC(C)(C)C)CC2)c2ccc(Cl)cc21. The van der Waals surface area contributed by atoms with Crippen LogP contribution in [0.3, 0.4) is 0 Å². The number of esters is 1. The molecule has 1 atom stereocenters. The van der Waals surface area contributed by atoms with E-state index in [0.717, 1.165) is 22.4 Å². The van der Waals surface area contributed by atoms with Crippen LogP contribution in [0.1, 0.15) is 49.2 Å². The lowest BCUT2D eigenvalue weighted by Crippen LogP contribution is -2.51. The molecular weight excluding hydrogens is 454 g/mol. The molecule has 2 heterocycles. The summed E-state index contributed by atoms with van der Waals surface area (Å²) in [4.78, 5) is 34.1. The fourth-order valence-electron chi connectivity index (χ4n) is 4.50. The van der Waals surface area contributed by atoms with Crippen molar-refractivity contribution < 1.29 is 19.1 Å². The van der Waals surface area contributed by atoms with E-state index in [1.54, 1.807) is 11.1 Å². The second kappa shape index (κ2) is 9.76. The topological polar surface area (TPSA) is 72.0 Å². The highest BCUT2D eigenvalue weighted by Gasteiger charge is 2.35. The molecule has 8 heteroatoms. The van der Waals surface area contributed by atoms with Crippen molar-refractivity contribution in [3.05, 3.63) is 70.0 Å². The van der Waals surface area contributed by atoms with E-state index in [-0.39, 0.29) is 12.1 Å². The number of halogens is 1. The molecule has 1 fully saturated rings. The Bertz CT molecular complexity index is 1120. The summed E-state index contributed by atoms with van der Waals surface area (Å²) < 4.78 is 10.6. The third-order valence-corrected chi connectivity index (χ3v) is 6.28. The van der Waals surface area contributed by atoms with Crippen LogP contribution in [0.25, 0.3) is 5.57 Å². The lowest BCUT2D eigenvalue weighted by molar-refractivity contribution is -0.133. The van der Waals surface area contributed by atoms with Gasteiger partial charge in [0.2, 0.25) is 0 Å². The van der Waals surface area contributed by atoms with Crippen molar-refractivity contribution in [1.29, 1.82) is 0 Å². The number of carbonyl (C=O) groups is 2. The van der Waals surface area contributed by atoms with Crippen molar-refractivity contribution in [2.75, 3.05) is 33.3 Å². The van der Waals surface area contributed by atoms with Crippen LogP contribution in [-0.2, 0) is 20.7 Å². The second-order valence-electron chi connectivity index (χ2n) is 9.50. The lowest BCUT2D eigenvalue weighted by Gasteiger charge is -2.40.